The Morgan fingerprint density at radius 1 is 0.739 bits per heavy atom. The Hall–Kier alpha value is -1.18. The summed E-state index contributed by atoms with van der Waals surface area (Å²) in [6.45, 7) is 4.35. The van der Waals surface area contributed by atoms with Crippen LogP contribution < -0.4 is 4.74 Å². The van der Waals surface area contributed by atoms with E-state index in [0.29, 0.717) is 21.5 Å². The first-order chi connectivity index (χ1) is 11.2. The Balaban J connectivity index is 2.22. The van der Waals surface area contributed by atoms with Crippen LogP contribution in [0.25, 0.3) is 0 Å². The van der Waals surface area contributed by atoms with Crippen LogP contribution in [-0.2, 0) is 12.8 Å². The van der Waals surface area contributed by atoms with Crippen LogP contribution in [-0.4, -0.2) is 0 Å². The van der Waals surface area contributed by atoms with Gasteiger partial charge in [-0.2, -0.15) is 0 Å². The fraction of sp³-hybridized carbons (Fsp3) is 0.400. The van der Waals surface area contributed by atoms with Gasteiger partial charge in [0.1, 0.15) is 11.5 Å². The molecule has 0 radical (unpaired) electrons. The van der Waals surface area contributed by atoms with E-state index in [2.05, 4.69) is 26.0 Å². The quantitative estimate of drug-likeness (QED) is 0.479. The maximum atomic E-state index is 6.50. The number of halogens is 2. The molecule has 2 aromatic rings. The van der Waals surface area contributed by atoms with Crippen LogP contribution in [0.4, 0.5) is 0 Å². The van der Waals surface area contributed by atoms with Gasteiger partial charge in [-0.05, 0) is 48.9 Å². The number of benzene rings is 2. The highest BCUT2D eigenvalue weighted by Crippen LogP contribution is 2.37. The van der Waals surface area contributed by atoms with Crippen molar-refractivity contribution in [1.29, 1.82) is 0 Å². The lowest BCUT2D eigenvalue weighted by Crippen LogP contribution is -1.94. The highest BCUT2D eigenvalue weighted by atomic mass is 35.5. The van der Waals surface area contributed by atoms with Gasteiger partial charge < -0.3 is 4.74 Å². The largest absolute Gasteiger partial charge is 0.454 e. The van der Waals surface area contributed by atoms with E-state index in [1.807, 2.05) is 24.3 Å². The molecule has 3 heteroatoms. The summed E-state index contributed by atoms with van der Waals surface area (Å²) in [4.78, 5) is 0. The van der Waals surface area contributed by atoms with Gasteiger partial charge in [-0.1, -0.05) is 74.2 Å². The van der Waals surface area contributed by atoms with Crippen LogP contribution in [0.15, 0.2) is 36.4 Å². The van der Waals surface area contributed by atoms with Crippen LogP contribution in [0.5, 0.6) is 11.5 Å². The molecule has 0 heterocycles. The average Bonchev–Trinajstić information content (AvgIpc) is 2.56. The van der Waals surface area contributed by atoms with Crippen LogP contribution in [0.1, 0.15) is 50.7 Å². The number of ether oxygens (including phenoxy) is 1. The minimum absolute atomic E-state index is 0.676. The summed E-state index contributed by atoms with van der Waals surface area (Å²) in [5.74, 6) is 1.35. The molecule has 0 amide bonds. The molecule has 2 rings (SSSR count). The van der Waals surface area contributed by atoms with E-state index in [0.717, 1.165) is 49.7 Å². The van der Waals surface area contributed by atoms with Crippen LogP contribution in [0.2, 0.25) is 10.0 Å². The van der Waals surface area contributed by atoms with Crippen molar-refractivity contribution in [3.8, 4) is 11.5 Å². The minimum atomic E-state index is 0.676. The molecule has 0 N–H and O–H groups in total. The first kappa shape index (κ1) is 18.2. The second-order valence-electron chi connectivity index (χ2n) is 5.77. The average molecular weight is 351 g/mol. The van der Waals surface area contributed by atoms with Crippen molar-refractivity contribution in [1.82, 2.24) is 0 Å². The van der Waals surface area contributed by atoms with Gasteiger partial charge >= 0.3 is 0 Å². The summed E-state index contributed by atoms with van der Waals surface area (Å²) >= 11 is 13.0. The van der Waals surface area contributed by atoms with E-state index in [1.54, 1.807) is 0 Å². The van der Waals surface area contributed by atoms with E-state index < -0.39 is 0 Å². The second-order valence-corrected chi connectivity index (χ2v) is 6.52. The molecule has 23 heavy (non-hydrogen) atoms. The van der Waals surface area contributed by atoms with Crippen LogP contribution in [0.3, 0.4) is 0 Å². The Kier molecular flexibility index (Phi) is 7.26. The van der Waals surface area contributed by atoms with Gasteiger partial charge in [-0.3, -0.25) is 0 Å². The third-order valence-corrected chi connectivity index (χ3v) is 4.76. The van der Waals surface area contributed by atoms with Gasteiger partial charge in [0, 0.05) is 0 Å². The van der Waals surface area contributed by atoms with Crippen LogP contribution in [0, 0.1) is 0 Å². The van der Waals surface area contributed by atoms with Crippen molar-refractivity contribution in [3.05, 3.63) is 57.6 Å². The Morgan fingerprint density at radius 3 is 1.57 bits per heavy atom. The molecule has 0 aliphatic rings. The third kappa shape index (κ3) is 4.89. The van der Waals surface area contributed by atoms with Gasteiger partial charge in [0.25, 0.3) is 0 Å². The van der Waals surface area contributed by atoms with E-state index in [9.17, 15) is 0 Å². The summed E-state index contributed by atoms with van der Waals surface area (Å²) in [5.41, 5.74) is 2.26. The predicted molar refractivity (Wildman–Crippen MR) is 100 cm³/mol. The molecule has 0 aromatic heterocycles. The molecule has 2 aromatic carbocycles. The first-order valence-electron chi connectivity index (χ1n) is 8.40. The summed E-state index contributed by atoms with van der Waals surface area (Å²) in [6, 6.07) is 11.9. The number of hydrogen-bond acceptors (Lipinski definition) is 1. The summed E-state index contributed by atoms with van der Waals surface area (Å²) in [5, 5.41) is 1.38. The maximum Gasteiger partial charge on any atom is 0.146 e. The van der Waals surface area contributed by atoms with E-state index in [1.165, 1.54) is 0 Å². The van der Waals surface area contributed by atoms with Gasteiger partial charge in [-0.25, -0.2) is 0 Å². The monoisotopic (exact) mass is 350 g/mol. The molecule has 0 saturated carbocycles. The standard InChI is InChI=1S/C20H24Cl2O/c1-3-5-9-15-11-7-13-17(19(15)21)23-18-14-8-12-16(20(18)22)10-6-4-2/h7-8,11-14H,3-6,9-10H2,1-2H3. The van der Waals surface area contributed by atoms with Gasteiger partial charge in [0.2, 0.25) is 0 Å². The molecule has 0 atom stereocenters. The zero-order valence-corrected chi connectivity index (χ0v) is 15.4. The van der Waals surface area contributed by atoms with Crippen molar-refractivity contribution in [2.24, 2.45) is 0 Å². The van der Waals surface area contributed by atoms with Crippen molar-refractivity contribution < 1.29 is 4.74 Å². The fourth-order valence-electron chi connectivity index (χ4n) is 2.51. The highest BCUT2D eigenvalue weighted by molar-refractivity contribution is 6.33. The van der Waals surface area contributed by atoms with Gasteiger partial charge in [0.05, 0.1) is 10.0 Å². The SMILES string of the molecule is CCCCc1cccc(Oc2cccc(CCCC)c2Cl)c1Cl. The zero-order valence-electron chi connectivity index (χ0n) is 13.9. The molecule has 0 unspecified atom stereocenters. The number of aryl methyl sites for hydroxylation is 2. The zero-order chi connectivity index (χ0) is 16.7. The minimum Gasteiger partial charge on any atom is -0.454 e. The summed E-state index contributed by atoms with van der Waals surface area (Å²) in [7, 11) is 0. The first-order valence-corrected chi connectivity index (χ1v) is 9.15. The molecule has 0 aliphatic carbocycles. The predicted octanol–water partition coefficient (Wildman–Crippen LogP) is 7.47. The molecule has 0 fully saturated rings. The molecule has 124 valence electrons. The Morgan fingerprint density at radius 2 is 1.17 bits per heavy atom. The molecule has 0 spiro atoms. The number of hydrogen-bond donors (Lipinski definition) is 0. The molecular weight excluding hydrogens is 327 g/mol. The van der Waals surface area contributed by atoms with E-state index >= 15 is 0 Å². The number of rotatable bonds is 8. The lowest BCUT2D eigenvalue weighted by Gasteiger charge is -2.13. The van der Waals surface area contributed by atoms with Crippen molar-refractivity contribution in [3.63, 3.8) is 0 Å². The molecular formula is C20H24Cl2O. The van der Waals surface area contributed by atoms with Gasteiger partial charge in [-0.15, -0.1) is 0 Å². The van der Waals surface area contributed by atoms with Gasteiger partial charge in [0.15, 0.2) is 0 Å². The lowest BCUT2D eigenvalue weighted by atomic mass is 10.1. The molecule has 0 saturated heterocycles. The van der Waals surface area contributed by atoms with E-state index in [4.69, 9.17) is 27.9 Å². The highest BCUT2D eigenvalue weighted by Gasteiger charge is 2.12. The topological polar surface area (TPSA) is 9.23 Å². The smallest absolute Gasteiger partial charge is 0.146 e. The second kappa shape index (κ2) is 9.20. The number of unbranched alkanes of at least 4 members (excludes halogenated alkanes) is 2. The lowest BCUT2D eigenvalue weighted by molar-refractivity contribution is 0.481. The maximum absolute atomic E-state index is 6.50. The molecule has 1 nitrogen and oxygen atoms in total. The third-order valence-electron chi connectivity index (χ3n) is 3.91. The van der Waals surface area contributed by atoms with Crippen molar-refractivity contribution in [2.45, 2.75) is 52.4 Å². The van der Waals surface area contributed by atoms with Crippen molar-refractivity contribution >= 4 is 23.2 Å². The van der Waals surface area contributed by atoms with Crippen molar-refractivity contribution in [2.75, 3.05) is 0 Å². The normalized spacial score (nSPS) is 10.8. The Labute approximate surface area is 149 Å². The Bertz CT molecular complexity index is 582. The summed E-state index contributed by atoms with van der Waals surface area (Å²) in [6.07, 6.45) is 6.47. The fourth-order valence-corrected chi connectivity index (χ4v) is 3.03. The van der Waals surface area contributed by atoms with E-state index in [-0.39, 0.29) is 0 Å². The summed E-state index contributed by atoms with van der Waals surface area (Å²) < 4.78 is 6.02. The molecule has 0 aliphatic heterocycles. The molecule has 0 bridgehead atoms. The van der Waals surface area contributed by atoms with Crippen LogP contribution >= 0.6 is 23.2 Å².